The third-order valence-corrected chi connectivity index (χ3v) is 5.42. The van der Waals surface area contributed by atoms with E-state index in [1.807, 2.05) is 25.1 Å². The number of nitrogens with zero attached hydrogens (tertiary/aromatic N) is 1. The van der Waals surface area contributed by atoms with Gasteiger partial charge in [0.05, 0.1) is 11.3 Å². The molecule has 0 aliphatic heterocycles. The van der Waals surface area contributed by atoms with Gasteiger partial charge >= 0.3 is 0 Å². The number of rotatable bonds is 9. The van der Waals surface area contributed by atoms with E-state index in [1.165, 1.54) is 3.57 Å². The fraction of sp³-hybridized carbons (Fsp3) is 0.381. The minimum absolute atomic E-state index is 0.109. The molecule has 6 heteroatoms. The molecule has 4 nitrogen and oxygen atoms in total. The molecular formula is C21H27ClIN3O. The van der Waals surface area contributed by atoms with Crippen LogP contribution < -0.4 is 10.6 Å². The summed E-state index contributed by atoms with van der Waals surface area (Å²) in [6, 6.07) is 11.5. The van der Waals surface area contributed by atoms with Crippen LogP contribution in [0.5, 0.6) is 0 Å². The van der Waals surface area contributed by atoms with Gasteiger partial charge in [-0.1, -0.05) is 25.4 Å². The molecular weight excluding hydrogens is 473 g/mol. The second-order valence-corrected chi connectivity index (χ2v) is 8.09. The number of nitrogens with one attached hydrogen (secondary N) is 2. The quantitative estimate of drug-likeness (QED) is 0.356. The Morgan fingerprint density at radius 3 is 2.48 bits per heavy atom. The molecule has 2 rings (SSSR count). The Labute approximate surface area is 180 Å². The molecule has 0 aliphatic rings. The highest BCUT2D eigenvalue weighted by Gasteiger charge is 2.13. The van der Waals surface area contributed by atoms with Crippen molar-refractivity contribution >= 4 is 51.5 Å². The fourth-order valence-electron chi connectivity index (χ4n) is 2.87. The highest BCUT2D eigenvalue weighted by atomic mass is 127. The lowest BCUT2D eigenvalue weighted by atomic mass is 10.1. The molecule has 0 aromatic heterocycles. The zero-order valence-corrected chi connectivity index (χ0v) is 19.0. The molecule has 1 amide bonds. The van der Waals surface area contributed by atoms with E-state index in [0.29, 0.717) is 17.1 Å². The molecule has 2 aromatic carbocycles. The van der Waals surface area contributed by atoms with Crippen LogP contribution in [0.2, 0.25) is 5.02 Å². The van der Waals surface area contributed by atoms with E-state index >= 15 is 0 Å². The number of hydrogen-bond acceptors (Lipinski definition) is 3. The monoisotopic (exact) mass is 499 g/mol. The van der Waals surface area contributed by atoms with Crippen molar-refractivity contribution in [1.82, 2.24) is 10.2 Å². The first-order valence-corrected chi connectivity index (χ1v) is 10.7. The summed E-state index contributed by atoms with van der Waals surface area (Å²) in [6.07, 6.45) is 0.924. The number of amides is 1. The summed E-state index contributed by atoms with van der Waals surface area (Å²) in [6.45, 7) is 10.0. The van der Waals surface area contributed by atoms with E-state index in [2.05, 4.69) is 58.0 Å². The van der Waals surface area contributed by atoms with Crippen molar-refractivity contribution in [2.45, 2.75) is 27.2 Å². The van der Waals surface area contributed by atoms with Crippen LogP contribution >= 0.6 is 34.2 Å². The Balaban J connectivity index is 2.07. The summed E-state index contributed by atoms with van der Waals surface area (Å²) >= 11 is 8.43. The van der Waals surface area contributed by atoms with Crippen molar-refractivity contribution in [3.63, 3.8) is 0 Å². The average Bonchev–Trinajstić information content (AvgIpc) is 2.65. The highest BCUT2D eigenvalue weighted by molar-refractivity contribution is 14.1. The normalized spacial score (nSPS) is 10.9. The number of hydrogen-bond donors (Lipinski definition) is 2. The third kappa shape index (κ3) is 6.66. The summed E-state index contributed by atoms with van der Waals surface area (Å²) in [7, 11) is 0. The standard InChI is InChI=1S/C21H27ClIN3O/c1-4-26(5-2)12-6-11-24-21(27)18-14-16(22)7-9-20(18)25-19-10-8-17(23)13-15(19)3/h7-10,13-14,25H,4-6,11-12H2,1-3H3,(H,24,27). The first-order chi connectivity index (χ1) is 12.9. The zero-order chi connectivity index (χ0) is 19.8. The van der Waals surface area contributed by atoms with Gasteiger partial charge in [-0.15, -0.1) is 0 Å². The van der Waals surface area contributed by atoms with Crippen molar-refractivity contribution in [2.24, 2.45) is 0 Å². The molecule has 0 atom stereocenters. The number of aryl methyl sites for hydroxylation is 1. The lowest BCUT2D eigenvalue weighted by molar-refractivity contribution is 0.0952. The van der Waals surface area contributed by atoms with Crippen LogP contribution in [0.25, 0.3) is 0 Å². The van der Waals surface area contributed by atoms with Crippen LogP contribution in [0.1, 0.15) is 36.2 Å². The van der Waals surface area contributed by atoms with Crippen LogP contribution in [0.15, 0.2) is 36.4 Å². The van der Waals surface area contributed by atoms with Gasteiger partial charge in [-0.25, -0.2) is 0 Å². The van der Waals surface area contributed by atoms with E-state index in [0.717, 1.165) is 43.0 Å². The van der Waals surface area contributed by atoms with Crippen LogP contribution in [-0.4, -0.2) is 37.0 Å². The molecule has 0 fully saturated rings. The first kappa shape index (κ1) is 22.0. The van der Waals surface area contributed by atoms with Crippen molar-refractivity contribution in [2.75, 3.05) is 31.5 Å². The largest absolute Gasteiger partial charge is 0.355 e. The minimum Gasteiger partial charge on any atom is -0.355 e. The maximum atomic E-state index is 12.7. The molecule has 0 bridgehead atoms. The van der Waals surface area contributed by atoms with E-state index < -0.39 is 0 Å². The Morgan fingerprint density at radius 1 is 1.11 bits per heavy atom. The molecule has 2 N–H and O–H groups in total. The molecule has 0 unspecified atom stereocenters. The van der Waals surface area contributed by atoms with Gasteiger partial charge in [0.15, 0.2) is 0 Å². The summed E-state index contributed by atoms with van der Waals surface area (Å²) in [5.41, 5.74) is 3.42. The molecule has 0 radical (unpaired) electrons. The van der Waals surface area contributed by atoms with Crippen LogP contribution in [0, 0.1) is 10.5 Å². The number of anilines is 2. The topological polar surface area (TPSA) is 44.4 Å². The molecule has 0 saturated heterocycles. The minimum atomic E-state index is -0.109. The van der Waals surface area contributed by atoms with Crippen molar-refractivity contribution in [3.05, 3.63) is 56.1 Å². The lowest BCUT2D eigenvalue weighted by Gasteiger charge is -2.18. The van der Waals surface area contributed by atoms with E-state index in [-0.39, 0.29) is 5.91 Å². The van der Waals surface area contributed by atoms with Gasteiger partial charge in [-0.05, 0) is 97.5 Å². The van der Waals surface area contributed by atoms with E-state index in [1.54, 1.807) is 12.1 Å². The third-order valence-electron chi connectivity index (χ3n) is 4.52. The molecule has 0 saturated carbocycles. The summed E-state index contributed by atoms with van der Waals surface area (Å²) < 4.78 is 1.18. The predicted molar refractivity (Wildman–Crippen MR) is 123 cm³/mol. The number of benzene rings is 2. The summed E-state index contributed by atoms with van der Waals surface area (Å²) in [5.74, 6) is -0.109. The van der Waals surface area contributed by atoms with Crippen molar-refractivity contribution in [3.8, 4) is 0 Å². The molecule has 2 aromatic rings. The Hall–Kier alpha value is -1.31. The Kier molecular flexibility index (Phi) is 8.86. The van der Waals surface area contributed by atoms with Crippen LogP contribution in [-0.2, 0) is 0 Å². The van der Waals surface area contributed by atoms with Gasteiger partial charge in [-0.2, -0.15) is 0 Å². The van der Waals surface area contributed by atoms with E-state index in [4.69, 9.17) is 11.6 Å². The van der Waals surface area contributed by atoms with E-state index in [9.17, 15) is 4.79 Å². The molecule has 146 valence electrons. The van der Waals surface area contributed by atoms with Crippen molar-refractivity contribution in [1.29, 1.82) is 0 Å². The summed E-state index contributed by atoms with van der Waals surface area (Å²) in [5, 5.41) is 6.94. The predicted octanol–water partition coefficient (Wildman–Crippen LogP) is 5.46. The Morgan fingerprint density at radius 2 is 1.81 bits per heavy atom. The SMILES string of the molecule is CCN(CC)CCCNC(=O)c1cc(Cl)ccc1Nc1ccc(I)cc1C. The zero-order valence-electron chi connectivity index (χ0n) is 16.1. The van der Waals surface area contributed by atoms with Gasteiger partial charge in [0.25, 0.3) is 5.91 Å². The average molecular weight is 500 g/mol. The van der Waals surface area contributed by atoms with Gasteiger partial charge in [-0.3, -0.25) is 4.79 Å². The highest BCUT2D eigenvalue weighted by Crippen LogP contribution is 2.27. The molecule has 0 heterocycles. The summed E-state index contributed by atoms with van der Waals surface area (Å²) in [4.78, 5) is 15.1. The smallest absolute Gasteiger partial charge is 0.253 e. The maximum absolute atomic E-state index is 12.7. The fourth-order valence-corrected chi connectivity index (χ4v) is 3.68. The van der Waals surface area contributed by atoms with Gasteiger partial charge < -0.3 is 15.5 Å². The van der Waals surface area contributed by atoms with Crippen LogP contribution in [0.4, 0.5) is 11.4 Å². The number of carbonyl (C=O) groups is 1. The molecule has 27 heavy (non-hydrogen) atoms. The second kappa shape index (κ2) is 10.9. The van der Waals surface area contributed by atoms with Gasteiger partial charge in [0, 0.05) is 20.8 Å². The van der Waals surface area contributed by atoms with Gasteiger partial charge in [0.2, 0.25) is 0 Å². The number of carbonyl (C=O) groups excluding carboxylic acids is 1. The van der Waals surface area contributed by atoms with Crippen LogP contribution in [0.3, 0.4) is 0 Å². The molecule has 0 spiro atoms. The lowest BCUT2D eigenvalue weighted by Crippen LogP contribution is -2.30. The van der Waals surface area contributed by atoms with Crippen molar-refractivity contribution < 1.29 is 4.79 Å². The van der Waals surface area contributed by atoms with Gasteiger partial charge in [0.1, 0.15) is 0 Å². The Bertz CT molecular complexity index is 778. The second-order valence-electron chi connectivity index (χ2n) is 6.41. The maximum Gasteiger partial charge on any atom is 0.253 e. The first-order valence-electron chi connectivity index (χ1n) is 9.27. The number of halogens is 2. The molecule has 0 aliphatic carbocycles.